The van der Waals surface area contributed by atoms with E-state index in [0.717, 1.165) is 5.75 Å². The lowest BCUT2D eigenvalue weighted by molar-refractivity contribution is -0.142. The van der Waals surface area contributed by atoms with E-state index in [1.165, 1.54) is 11.8 Å². The molecule has 0 aromatic carbocycles. The molecule has 0 aliphatic heterocycles. The molecule has 0 saturated carbocycles. The Balaban J connectivity index is 4.90. The molecule has 0 heterocycles. The Morgan fingerprint density at radius 1 is 0.960 bits per heavy atom. The number of nitrogens with two attached hydrogens (primary N) is 1. The molecule has 0 saturated heterocycles. The van der Waals surface area contributed by atoms with Crippen LogP contribution in [-0.2, 0) is 14.4 Å². The lowest BCUT2D eigenvalue weighted by atomic mass is 10.0. The zero-order valence-corrected chi connectivity index (χ0v) is 17.0. The molecular weight excluding hydrogens is 362 g/mol. The lowest BCUT2D eigenvalue weighted by Gasteiger charge is -2.24. The predicted octanol–water partition coefficient (Wildman–Crippen LogP) is 0.920. The van der Waals surface area contributed by atoms with Gasteiger partial charge in [-0.25, -0.2) is 4.79 Å². The zero-order chi connectivity index (χ0) is 19.4. The van der Waals surface area contributed by atoms with Gasteiger partial charge in [0.05, 0.1) is 6.04 Å². The van der Waals surface area contributed by atoms with Crippen molar-refractivity contribution in [2.75, 3.05) is 24.0 Å². The minimum Gasteiger partial charge on any atom is -0.480 e. The third-order valence-corrected chi connectivity index (χ3v) is 4.82. The number of aliphatic carboxylic acids is 1. The summed E-state index contributed by atoms with van der Waals surface area (Å²) in [5, 5.41) is 14.5. The first kappa shape index (κ1) is 24.1. The molecule has 0 bridgehead atoms. The van der Waals surface area contributed by atoms with Crippen LogP contribution < -0.4 is 16.4 Å². The third-order valence-electron chi connectivity index (χ3n) is 3.54. The van der Waals surface area contributed by atoms with Crippen molar-refractivity contribution in [3.05, 3.63) is 0 Å². The normalized spacial score (nSPS) is 14.6. The second-order valence-corrected chi connectivity index (χ2v) is 8.23. The molecule has 146 valence electrons. The van der Waals surface area contributed by atoms with Gasteiger partial charge in [0.25, 0.3) is 0 Å². The van der Waals surface area contributed by atoms with E-state index in [1.54, 1.807) is 11.8 Å². The average molecular weight is 394 g/mol. The number of rotatable bonds is 13. The van der Waals surface area contributed by atoms with Crippen molar-refractivity contribution in [3.8, 4) is 0 Å². The van der Waals surface area contributed by atoms with Gasteiger partial charge in [-0.1, -0.05) is 13.8 Å². The van der Waals surface area contributed by atoms with Crippen LogP contribution in [0.15, 0.2) is 0 Å². The van der Waals surface area contributed by atoms with Gasteiger partial charge in [0.1, 0.15) is 12.1 Å². The van der Waals surface area contributed by atoms with E-state index < -0.39 is 30.0 Å². The van der Waals surface area contributed by atoms with Crippen molar-refractivity contribution in [1.82, 2.24) is 10.6 Å². The fraction of sp³-hybridized carbons (Fsp3) is 0.812. The first-order chi connectivity index (χ1) is 11.7. The first-order valence-corrected chi connectivity index (χ1v) is 11.1. The maximum Gasteiger partial charge on any atom is 0.326 e. The number of carboxylic acid groups (broad SMARTS) is 1. The number of thioether (sulfide) groups is 2. The molecule has 0 aromatic rings. The van der Waals surface area contributed by atoms with Gasteiger partial charge in [-0.15, -0.1) is 0 Å². The summed E-state index contributed by atoms with van der Waals surface area (Å²) in [6.07, 6.45) is 5.08. The summed E-state index contributed by atoms with van der Waals surface area (Å²) in [5.41, 5.74) is 5.84. The molecule has 0 radical (unpaired) electrons. The summed E-state index contributed by atoms with van der Waals surface area (Å²) in [5.74, 6) is -0.399. The van der Waals surface area contributed by atoms with E-state index in [4.69, 9.17) is 5.73 Å². The number of carboxylic acids is 1. The number of carbonyl (C=O) groups excluding carboxylic acids is 2. The van der Waals surface area contributed by atoms with Crippen LogP contribution in [0, 0.1) is 5.92 Å². The van der Waals surface area contributed by atoms with Crippen LogP contribution in [0.5, 0.6) is 0 Å². The topological polar surface area (TPSA) is 122 Å². The van der Waals surface area contributed by atoms with E-state index in [1.807, 2.05) is 26.4 Å². The fourth-order valence-electron chi connectivity index (χ4n) is 2.12. The molecule has 9 heteroatoms. The Morgan fingerprint density at radius 3 is 1.96 bits per heavy atom. The number of amides is 2. The van der Waals surface area contributed by atoms with Gasteiger partial charge < -0.3 is 21.5 Å². The van der Waals surface area contributed by atoms with Gasteiger partial charge in [0.15, 0.2) is 0 Å². The maximum atomic E-state index is 12.5. The van der Waals surface area contributed by atoms with Crippen molar-refractivity contribution in [3.63, 3.8) is 0 Å². The second kappa shape index (κ2) is 13.3. The Hall–Kier alpha value is -0.930. The van der Waals surface area contributed by atoms with Crippen LogP contribution in [-0.4, -0.2) is 65.0 Å². The summed E-state index contributed by atoms with van der Waals surface area (Å²) in [7, 11) is 0. The molecule has 5 N–H and O–H groups in total. The van der Waals surface area contributed by atoms with Crippen molar-refractivity contribution in [1.29, 1.82) is 0 Å². The molecule has 0 aromatic heterocycles. The van der Waals surface area contributed by atoms with Crippen molar-refractivity contribution >= 4 is 41.3 Å². The van der Waals surface area contributed by atoms with E-state index in [-0.39, 0.29) is 11.8 Å². The summed E-state index contributed by atoms with van der Waals surface area (Å²) >= 11 is 3.11. The molecular formula is C16H31N3O4S2. The number of carbonyl (C=O) groups is 3. The molecule has 0 aliphatic rings. The number of hydrogen-bond donors (Lipinski definition) is 4. The van der Waals surface area contributed by atoms with E-state index in [9.17, 15) is 19.5 Å². The predicted molar refractivity (Wildman–Crippen MR) is 105 cm³/mol. The quantitative estimate of drug-likeness (QED) is 0.367. The van der Waals surface area contributed by atoms with Crippen LogP contribution in [0.2, 0.25) is 0 Å². The van der Waals surface area contributed by atoms with Crippen LogP contribution in [0.3, 0.4) is 0 Å². The fourth-order valence-corrected chi connectivity index (χ4v) is 3.08. The van der Waals surface area contributed by atoms with Gasteiger partial charge in [-0.2, -0.15) is 23.5 Å². The maximum absolute atomic E-state index is 12.5. The molecule has 3 unspecified atom stereocenters. The van der Waals surface area contributed by atoms with E-state index in [0.29, 0.717) is 25.0 Å². The molecule has 3 atom stereocenters. The second-order valence-electron chi connectivity index (χ2n) is 6.26. The van der Waals surface area contributed by atoms with E-state index in [2.05, 4.69) is 10.6 Å². The highest BCUT2D eigenvalue weighted by Gasteiger charge is 2.28. The SMILES string of the molecule is CSCCC(N)C(=O)NC(CC(C)C)C(=O)NC(CCSC)C(=O)O. The van der Waals surface area contributed by atoms with Gasteiger partial charge in [0.2, 0.25) is 11.8 Å². The van der Waals surface area contributed by atoms with Crippen LogP contribution >= 0.6 is 23.5 Å². The molecule has 0 spiro atoms. The third kappa shape index (κ3) is 10.6. The van der Waals surface area contributed by atoms with Crippen LogP contribution in [0.25, 0.3) is 0 Å². The summed E-state index contributed by atoms with van der Waals surface area (Å²) < 4.78 is 0. The largest absolute Gasteiger partial charge is 0.480 e. The smallest absolute Gasteiger partial charge is 0.326 e. The molecule has 7 nitrogen and oxygen atoms in total. The summed E-state index contributed by atoms with van der Waals surface area (Å²) in [6.45, 7) is 3.87. The minimum absolute atomic E-state index is 0.160. The minimum atomic E-state index is -1.08. The Bertz CT molecular complexity index is 436. The van der Waals surface area contributed by atoms with E-state index >= 15 is 0 Å². The first-order valence-electron chi connectivity index (χ1n) is 8.29. The van der Waals surface area contributed by atoms with Gasteiger partial charge in [-0.05, 0) is 49.2 Å². The average Bonchev–Trinajstić information content (AvgIpc) is 2.54. The monoisotopic (exact) mass is 393 g/mol. The van der Waals surface area contributed by atoms with Crippen molar-refractivity contribution in [2.24, 2.45) is 11.7 Å². The number of nitrogens with one attached hydrogen (secondary N) is 2. The molecule has 0 aliphatic carbocycles. The van der Waals surface area contributed by atoms with Gasteiger partial charge in [0, 0.05) is 0 Å². The van der Waals surface area contributed by atoms with Gasteiger partial charge in [-0.3, -0.25) is 9.59 Å². The highest BCUT2D eigenvalue weighted by Crippen LogP contribution is 2.08. The zero-order valence-electron chi connectivity index (χ0n) is 15.4. The Labute approximate surface area is 158 Å². The molecule has 2 amide bonds. The van der Waals surface area contributed by atoms with Crippen LogP contribution in [0.1, 0.15) is 33.1 Å². The lowest BCUT2D eigenvalue weighted by Crippen LogP contribution is -2.55. The summed E-state index contributed by atoms with van der Waals surface area (Å²) in [4.78, 5) is 36.0. The molecule has 25 heavy (non-hydrogen) atoms. The van der Waals surface area contributed by atoms with Crippen molar-refractivity contribution < 1.29 is 19.5 Å². The highest BCUT2D eigenvalue weighted by molar-refractivity contribution is 7.98. The number of hydrogen-bond acceptors (Lipinski definition) is 6. The summed E-state index contributed by atoms with van der Waals surface area (Å²) in [6, 6.07) is -2.43. The van der Waals surface area contributed by atoms with Gasteiger partial charge >= 0.3 is 5.97 Å². The highest BCUT2D eigenvalue weighted by atomic mass is 32.2. The standard InChI is InChI=1S/C16H31N3O4S2/c1-10(2)9-13(19-14(20)11(17)5-7-24-3)15(21)18-12(16(22)23)6-8-25-4/h10-13H,5-9,17H2,1-4H3,(H,18,21)(H,19,20)(H,22,23). The Morgan fingerprint density at radius 2 is 1.48 bits per heavy atom. The van der Waals surface area contributed by atoms with Crippen LogP contribution in [0.4, 0.5) is 0 Å². The van der Waals surface area contributed by atoms with Crippen molar-refractivity contribution in [2.45, 2.75) is 51.2 Å². The molecule has 0 rings (SSSR count). The Kier molecular flexibility index (Phi) is 12.8. The molecule has 0 fully saturated rings.